The van der Waals surface area contributed by atoms with Crippen LogP contribution in [0.5, 0.6) is 5.75 Å². The third kappa shape index (κ3) is 4.65. The van der Waals surface area contributed by atoms with Crippen molar-refractivity contribution in [1.29, 1.82) is 0 Å². The molecule has 0 aliphatic carbocycles. The Morgan fingerprint density at radius 3 is 2.90 bits per heavy atom. The highest BCUT2D eigenvalue weighted by Crippen LogP contribution is 2.29. The van der Waals surface area contributed by atoms with Gasteiger partial charge in [-0.2, -0.15) is 0 Å². The maximum atomic E-state index is 12.7. The fourth-order valence-electron chi connectivity index (χ4n) is 4.00. The Morgan fingerprint density at radius 2 is 2.17 bits per heavy atom. The Labute approximate surface area is 175 Å². The number of benzene rings is 1. The summed E-state index contributed by atoms with van der Waals surface area (Å²) in [6, 6.07) is 10.2. The number of hydrogen-bond acceptors (Lipinski definition) is 5. The van der Waals surface area contributed by atoms with Crippen LogP contribution < -0.4 is 10.1 Å². The van der Waals surface area contributed by atoms with Crippen LogP contribution in [-0.4, -0.2) is 37.6 Å². The molecule has 0 unspecified atom stereocenters. The molecule has 1 N–H and O–H groups in total. The van der Waals surface area contributed by atoms with E-state index >= 15 is 0 Å². The molecule has 1 aliphatic heterocycles. The first-order valence-electron chi connectivity index (χ1n) is 10.2. The van der Waals surface area contributed by atoms with Crippen LogP contribution in [0.1, 0.15) is 36.2 Å². The van der Waals surface area contributed by atoms with Gasteiger partial charge < -0.3 is 14.5 Å². The van der Waals surface area contributed by atoms with Crippen LogP contribution >= 0.6 is 11.3 Å². The second-order valence-corrected chi connectivity index (χ2v) is 8.83. The number of piperidine rings is 1. The average molecular weight is 413 g/mol. The van der Waals surface area contributed by atoms with Crippen molar-refractivity contribution >= 4 is 28.2 Å². The van der Waals surface area contributed by atoms with Crippen LogP contribution in [0.4, 0.5) is 0 Å². The van der Waals surface area contributed by atoms with Crippen molar-refractivity contribution in [3.8, 4) is 5.75 Å². The predicted molar refractivity (Wildman–Crippen MR) is 117 cm³/mol. The van der Waals surface area contributed by atoms with Crippen LogP contribution in [-0.2, 0) is 11.2 Å². The molecule has 0 radical (unpaired) electrons. The SMILES string of the molecule is COc1ccc2c(CC(=O)NC[C@H](c3cccs3)N3CCC(C)CC3)coc2c1. The number of thiophene rings is 1. The van der Waals surface area contributed by atoms with E-state index in [4.69, 9.17) is 9.15 Å². The number of fused-ring (bicyclic) bond motifs is 1. The summed E-state index contributed by atoms with van der Waals surface area (Å²) < 4.78 is 10.8. The van der Waals surface area contributed by atoms with Gasteiger partial charge in [0.05, 0.1) is 25.8 Å². The maximum Gasteiger partial charge on any atom is 0.224 e. The molecule has 1 aliphatic rings. The average Bonchev–Trinajstić information content (AvgIpc) is 3.40. The van der Waals surface area contributed by atoms with Gasteiger partial charge in [0.1, 0.15) is 11.3 Å². The summed E-state index contributed by atoms with van der Waals surface area (Å²) in [7, 11) is 1.63. The number of hydrogen-bond donors (Lipinski definition) is 1. The molecular weight excluding hydrogens is 384 g/mol. The van der Waals surface area contributed by atoms with Crippen molar-refractivity contribution in [3.63, 3.8) is 0 Å². The molecule has 1 amide bonds. The number of carbonyl (C=O) groups is 1. The first-order valence-corrected chi connectivity index (χ1v) is 11.1. The summed E-state index contributed by atoms with van der Waals surface area (Å²) in [5.74, 6) is 1.56. The van der Waals surface area contributed by atoms with Crippen molar-refractivity contribution in [2.45, 2.75) is 32.2 Å². The van der Waals surface area contributed by atoms with Crippen molar-refractivity contribution in [1.82, 2.24) is 10.2 Å². The predicted octanol–water partition coefficient (Wildman–Crippen LogP) is 4.63. The van der Waals surface area contributed by atoms with Gasteiger partial charge in [-0.1, -0.05) is 13.0 Å². The van der Waals surface area contributed by atoms with Crippen molar-refractivity contribution < 1.29 is 13.9 Å². The summed E-state index contributed by atoms with van der Waals surface area (Å²) >= 11 is 1.77. The lowest BCUT2D eigenvalue weighted by molar-refractivity contribution is -0.120. The van der Waals surface area contributed by atoms with E-state index in [0.717, 1.165) is 41.3 Å². The Balaban J connectivity index is 1.40. The molecule has 1 saturated heterocycles. The van der Waals surface area contributed by atoms with Gasteiger partial charge in [0.15, 0.2) is 0 Å². The molecule has 29 heavy (non-hydrogen) atoms. The molecule has 0 bridgehead atoms. The third-order valence-electron chi connectivity index (χ3n) is 5.84. The van der Waals surface area contributed by atoms with E-state index < -0.39 is 0 Å². The topological polar surface area (TPSA) is 54.7 Å². The minimum atomic E-state index is 0.0236. The standard InChI is InChI=1S/C23H28N2O3S/c1-16-7-9-25(10-8-16)20(22-4-3-11-29-22)14-24-23(26)12-17-15-28-21-13-18(27-2)5-6-19(17)21/h3-6,11,13,15-16,20H,7-10,12,14H2,1-2H3,(H,24,26)/t20-/m1/s1. The Hall–Kier alpha value is -2.31. The zero-order valence-corrected chi connectivity index (χ0v) is 17.8. The van der Waals surface area contributed by atoms with E-state index in [1.807, 2.05) is 18.2 Å². The molecule has 6 heteroatoms. The van der Waals surface area contributed by atoms with E-state index in [2.05, 4.69) is 34.7 Å². The second-order valence-electron chi connectivity index (χ2n) is 7.85. The number of amides is 1. The van der Waals surface area contributed by atoms with Gasteiger partial charge in [-0.05, 0) is 55.4 Å². The molecule has 0 spiro atoms. The molecule has 3 aromatic rings. The minimum absolute atomic E-state index is 0.0236. The van der Waals surface area contributed by atoms with E-state index in [0.29, 0.717) is 13.0 Å². The number of ether oxygens (including phenoxy) is 1. The fourth-order valence-corrected chi connectivity index (χ4v) is 4.87. The number of nitrogens with zero attached hydrogens (tertiary/aromatic N) is 1. The number of rotatable bonds is 7. The van der Waals surface area contributed by atoms with Crippen LogP contribution in [0.25, 0.3) is 11.0 Å². The first kappa shape index (κ1) is 20.0. The number of likely N-dealkylation sites (tertiary alicyclic amines) is 1. The lowest BCUT2D eigenvalue weighted by atomic mass is 9.97. The molecule has 3 heterocycles. The lowest BCUT2D eigenvalue weighted by Crippen LogP contribution is -2.41. The summed E-state index contributed by atoms with van der Waals surface area (Å²) in [4.78, 5) is 16.5. The van der Waals surface area contributed by atoms with Crippen LogP contribution in [0, 0.1) is 5.92 Å². The quantitative estimate of drug-likeness (QED) is 0.614. The molecule has 2 aromatic heterocycles. The van der Waals surface area contributed by atoms with Crippen molar-refractivity contribution in [2.24, 2.45) is 5.92 Å². The summed E-state index contributed by atoms with van der Waals surface area (Å²) in [5.41, 5.74) is 1.64. The number of methoxy groups -OCH3 is 1. The molecule has 1 fully saturated rings. The third-order valence-corrected chi connectivity index (χ3v) is 6.81. The largest absolute Gasteiger partial charge is 0.497 e. The maximum absolute atomic E-state index is 12.7. The minimum Gasteiger partial charge on any atom is -0.497 e. The van der Waals surface area contributed by atoms with Crippen LogP contribution in [0.15, 0.2) is 46.4 Å². The fraction of sp³-hybridized carbons (Fsp3) is 0.435. The van der Waals surface area contributed by atoms with E-state index in [1.54, 1.807) is 24.7 Å². The smallest absolute Gasteiger partial charge is 0.224 e. The highest BCUT2D eigenvalue weighted by molar-refractivity contribution is 7.10. The lowest BCUT2D eigenvalue weighted by Gasteiger charge is -2.36. The summed E-state index contributed by atoms with van der Waals surface area (Å²) in [6.07, 6.45) is 4.43. The molecular formula is C23H28N2O3S. The molecule has 0 saturated carbocycles. The van der Waals surface area contributed by atoms with Gasteiger partial charge in [0.2, 0.25) is 5.91 Å². The number of nitrogens with one attached hydrogen (secondary N) is 1. The monoisotopic (exact) mass is 412 g/mol. The number of furan rings is 1. The van der Waals surface area contributed by atoms with Crippen LogP contribution in [0.2, 0.25) is 0 Å². The first-order chi connectivity index (χ1) is 14.1. The Bertz CT molecular complexity index is 942. The highest BCUT2D eigenvalue weighted by atomic mass is 32.1. The van der Waals surface area contributed by atoms with E-state index in [1.165, 1.54) is 17.7 Å². The van der Waals surface area contributed by atoms with Crippen LogP contribution in [0.3, 0.4) is 0 Å². The molecule has 1 aromatic carbocycles. The molecule has 154 valence electrons. The summed E-state index contributed by atoms with van der Waals surface area (Å²) in [5, 5.41) is 6.24. The van der Waals surface area contributed by atoms with E-state index in [-0.39, 0.29) is 11.9 Å². The normalized spacial score (nSPS) is 16.8. The zero-order valence-electron chi connectivity index (χ0n) is 17.0. The second kappa shape index (κ2) is 9.01. The van der Waals surface area contributed by atoms with E-state index in [9.17, 15) is 4.79 Å². The molecule has 4 rings (SSSR count). The molecule has 5 nitrogen and oxygen atoms in total. The highest BCUT2D eigenvalue weighted by Gasteiger charge is 2.25. The Kier molecular flexibility index (Phi) is 6.21. The van der Waals surface area contributed by atoms with Gasteiger partial charge in [-0.15, -0.1) is 11.3 Å². The van der Waals surface area contributed by atoms with Gasteiger partial charge in [-0.25, -0.2) is 0 Å². The van der Waals surface area contributed by atoms with Gasteiger partial charge in [-0.3, -0.25) is 9.69 Å². The zero-order chi connectivity index (χ0) is 20.2. The number of carbonyl (C=O) groups excluding carboxylic acids is 1. The summed E-state index contributed by atoms with van der Waals surface area (Å²) in [6.45, 7) is 5.14. The van der Waals surface area contributed by atoms with Gasteiger partial charge >= 0.3 is 0 Å². The Morgan fingerprint density at radius 1 is 1.34 bits per heavy atom. The van der Waals surface area contributed by atoms with Crippen molar-refractivity contribution in [2.75, 3.05) is 26.7 Å². The molecule has 1 atom stereocenters. The van der Waals surface area contributed by atoms with Gasteiger partial charge in [0.25, 0.3) is 0 Å². The van der Waals surface area contributed by atoms with Crippen molar-refractivity contribution in [3.05, 3.63) is 52.4 Å². The van der Waals surface area contributed by atoms with Gasteiger partial charge in [0, 0.05) is 28.4 Å².